The van der Waals surface area contributed by atoms with Gasteiger partial charge in [0.25, 0.3) is 12.0 Å². The number of nitrogens with zero attached hydrogens (tertiary/aromatic N) is 3. The first-order valence-electron chi connectivity index (χ1n) is 7.43. The van der Waals surface area contributed by atoms with E-state index in [9.17, 15) is 19.3 Å². The maximum absolute atomic E-state index is 13.8. The summed E-state index contributed by atoms with van der Waals surface area (Å²) in [5, 5.41) is 11.0. The minimum atomic E-state index is -0.586. The van der Waals surface area contributed by atoms with Crippen LogP contribution in [0.1, 0.15) is 10.4 Å². The number of para-hydroxylation sites is 1. The number of carbonyl (C=O) groups excluding carboxylic acids is 1. The second-order valence-electron chi connectivity index (χ2n) is 5.30. The zero-order valence-electron chi connectivity index (χ0n) is 13.4. The van der Waals surface area contributed by atoms with Crippen LogP contribution in [-0.2, 0) is 6.54 Å². The maximum Gasteiger partial charge on any atom is 0.287 e. The summed E-state index contributed by atoms with van der Waals surface area (Å²) in [6.45, 7) is -0.102. The number of Topliss-reactive ketones (excluding diaryl/α,β-unsaturated/α-hetero) is 1. The average Bonchev–Trinajstić information content (AvgIpc) is 2.63. The van der Waals surface area contributed by atoms with Gasteiger partial charge in [-0.2, -0.15) is 0 Å². The highest BCUT2D eigenvalue weighted by Crippen LogP contribution is 2.19. The van der Waals surface area contributed by atoms with Gasteiger partial charge in [-0.3, -0.25) is 14.9 Å². The van der Waals surface area contributed by atoms with Gasteiger partial charge in [-0.25, -0.2) is 8.96 Å². The molecule has 26 heavy (non-hydrogen) atoms. The molecule has 1 heterocycles. The van der Waals surface area contributed by atoms with E-state index in [1.807, 2.05) is 0 Å². The van der Waals surface area contributed by atoms with Crippen LogP contribution >= 0.6 is 0 Å². The number of aromatic nitrogens is 2. The first-order chi connectivity index (χ1) is 12.1. The van der Waals surface area contributed by atoms with Crippen LogP contribution < -0.4 is 21.5 Å². The first-order valence-corrected chi connectivity index (χ1v) is 7.43. The molecule has 0 aliphatic rings. The van der Waals surface area contributed by atoms with Crippen LogP contribution in [0.5, 0.6) is 0 Å². The maximum atomic E-state index is 13.8. The second-order valence-corrected chi connectivity index (χ2v) is 5.30. The number of ketones is 1. The first kappa shape index (κ1) is 19.3. The SMILES string of the molecule is O=C(C[n+]1ccc(-c2ccccc2F)nc1)c1ccccc1[N+](=O)[O-].[Br-]. The van der Waals surface area contributed by atoms with Crippen LogP contribution in [0.25, 0.3) is 11.3 Å². The summed E-state index contributed by atoms with van der Waals surface area (Å²) >= 11 is 0. The van der Waals surface area contributed by atoms with Gasteiger partial charge >= 0.3 is 0 Å². The van der Waals surface area contributed by atoms with Crippen LogP contribution in [0.4, 0.5) is 10.1 Å². The number of benzene rings is 2. The average molecular weight is 418 g/mol. The Bertz CT molecular complexity index is 948. The topological polar surface area (TPSA) is 77.0 Å². The largest absolute Gasteiger partial charge is 1.00 e. The van der Waals surface area contributed by atoms with Gasteiger partial charge in [0.1, 0.15) is 5.82 Å². The summed E-state index contributed by atoms with van der Waals surface area (Å²) < 4.78 is 15.3. The van der Waals surface area contributed by atoms with E-state index in [1.54, 1.807) is 36.5 Å². The molecular formula is C18H13BrFN3O3. The predicted molar refractivity (Wildman–Crippen MR) is 87.3 cm³/mol. The molecule has 3 rings (SSSR count). The van der Waals surface area contributed by atoms with Crippen molar-refractivity contribution < 1.29 is 35.7 Å². The predicted octanol–water partition coefficient (Wildman–Crippen LogP) is -0.0297. The Labute approximate surface area is 158 Å². The van der Waals surface area contributed by atoms with Gasteiger partial charge in [-0.1, -0.05) is 24.3 Å². The van der Waals surface area contributed by atoms with E-state index in [2.05, 4.69) is 4.98 Å². The molecule has 0 spiro atoms. The molecule has 1 aromatic heterocycles. The standard InChI is InChI=1S/C18H13FN3O3.BrH/c19-15-7-3-1-5-13(15)16-9-10-21(12-20-16)11-18(23)14-6-2-4-8-17(14)22(24)25;/h1-10,12H,11H2;1H/q+1;/p-1. The molecule has 0 bridgehead atoms. The molecule has 0 saturated carbocycles. The van der Waals surface area contributed by atoms with E-state index in [0.29, 0.717) is 11.3 Å². The molecule has 8 heteroatoms. The molecule has 3 aromatic rings. The lowest BCUT2D eigenvalue weighted by Crippen LogP contribution is -3.00. The molecule has 6 nitrogen and oxygen atoms in total. The van der Waals surface area contributed by atoms with Gasteiger partial charge in [0.05, 0.1) is 22.2 Å². The summed E-state index contributed by atoms with van der Waals surface area (Å²) in [4.78, 5) is 26.9. The van der Waals surface area contributed by atoms with Gasteiger partial charge < -0.3 is 17.0 Å². The fourth-order valence-corrected chi connectivity index (χ4v) is 2.43. The van der Waals surface area contributed by atoms with Crippen molar-refractivity contribution in [2.75, 3.05) is 0 Å². The summed E-state index contributed by atoms with van der Waals surface area (Å²) in [5.74, 6) is -0.790. The van der Waals surface area contributed by atoms with Crippen molar-refractivity contribution in [2.45, 2.75) is 6.54 Å². The molecule has 0 atom stereocenters. The highest BCUT2D eigenvalue weighted by molar-refractivity contribution is 5.98. The van der Waals surface area contributed by atoms with E-state index in [4.69, 9.17) is 0 Å². The molecule has 2 aromatic carbocycles. The van der Waals surface area contributed by atoms with Crippen molar-refractivity contribution in [1.82, 2.24) is 4.98 Å². The molecule has 0 saturated heterocycles. The molecule has 0 aliphatic carbocycles. The van der Waals surface area contributed by atoms with Gasteiger partial charge in [0.2, 0.25) is 5.78 Å². The van der Waals surface area contributed by atoms with E-state index >= 15 is 0 Å². The van der Waals surface area contributed by atoms with Crippen molar-refractivity contribution in [3.8, 4) is 11.3 Å². The zero-order valence-corrected chi connectivity index (χ0v) is 15.0. The monoisotopic (exact) mass is 417 g/mol. The molecule has 132 valence electrons. The van der Waals surface area contributed by atoms with Crippen molar-refractivity contribution in [1.29, 1.82) is 0 Å². The van der Waals surface area contributed by atoms with E-state index in [0.717, 1.165) is 0 Å². The lowest BCUT2D eigenvalue weighted by Gasteiger charge is -2.02. The van der Waals surface area contributed by atoms with Gasteiger partial charge in [0, 0.05) is 12.1 Å². The molecule has 0 N–H and O–H groups in total. The van der Waals surface area contributed by atoms with E-state index < -0.39 is 10.7 Å². The molecule has 0 aliphatic heterocycles. The minimum Gasteiger partial charge on any atom is -1.00 e. The Kier molecular flexibility index (Phi) is 6.24. The number of halogens is 2. The summed E-state index contributed by atoms with van der Waals surface area (Å²) in [6.07, 6.45) is 2.98. The summed E-state index contributed by atoms with van der Waals surface area (Å²) in [5.41, 5.74) is 0.606. The van der Waals surface area contributed by atoms with Crippen LogP contribution in [-0.4, -0.2) is 15.7 Å². The molecular weight excluding hydrogens is 405 g/mol. The number of nitro groups is 1. The van der Waals surface area contributed by atoms with Crippen LogP contribution in [0.2, 0.25) is 0 Å². The van der Waals surface area contributed by atoms with Crippen LogP contribution in [0.15, 0.2) is 67.1 Å². The number of rotatable bonds is 5. The van der Waals surface area contributed by atoms with Crippen LogP contribution in [0.3, 0.4) is 0 Å². The Morgan fingerprint density at radius 3 is 2.46 bits per heavy atom. The van der Waals surface area contributed by atoms with Crippen molar-refractivity contribution in [2.24, 2.45) is 0 Å². The van der Waals surface area contributed by atoms with Crippen molar-refractivity contribution >= 4 is 11.5 Å². The summed E-state index contributed by atoms with van der Waals surface area (Å²) in [7, 11) is 0. The molecule has 0 fully saturated rings. The Morgan fingerprint density at radius 2 is 1.81 bits per heavy atom. The minimum absolute atomic E-state index is 0. The fourth-order valence-electron chi connectivity index (χ4n) is 2.43. The third-order valence-electron chi connectivity index (χ3n) is 3.65. The van der Waals surface area contributed by atoms with Crippen molar-refractivity contribution in [3.63, 3.8) is 0 Å². The third kappa shape index (κ3) is 4.15. The number of hydrogen-bond acceptors (Lipinski definition) is 4. The molecule has 0 amide bonds. The summed E-state index contributed by atoms with van der Waals surface area (Å²) in [6, 6.07) is 13.6. The Hall–Kier alpha value is -3.00. The van der Waals surface area contributed by atoms with Crippen molar-refractivity contribution in [3.05, 3.63) is 88.6 Å². The highest BCUT2D eigenvalue weighted by Gasteiger charge is 2.21. The van der Waals surface area contributed by atoms with Crippen LogP contribution in [0, 0.1) is 15.9 Å². The van der Waals surface area contributed by atoms with E-state index in [1.165, 1.54) is 35.2 Å². The van der Waals surface area contributed by atoms with E-state index in [-0.39, 0.29) is 40.6 Å². The van der Waals surface area contributed by atoms with Gasteiger partial charge in [0.15, 0.2) is 12.2 Å². The third-order valence-corrected chi connectivity index (χ3v) is 3.65. The molecule has 0 unspecified atom stereocenters. The lowest BCUT2D eigenvalue weighted by molar-refractivity contribution is -0.686. The zero-order chi connectivity index (χ0) is 17.8. The number of carbonyl (C=O) groups is 1. The second kappa shape index (κ2) is 8.39. The highest BCUT2D eigenvalue weighted by atomic mass is 79.9. The van der Waals surface area contributed by atoms with Gasteiger partial charge in [-0.15, -0.1) is 0 Å². The normalized spacial score (nSPS) is 10.0. The number of nitro benzene ring substituents is 1. The Morgan fingerprint density at radius 1 is 1.12 bits per heavy atom. The Balaban J connectivity index is 0.00000243. The quantitative estimate of drug-likeness (QED) is 0.253. The molecule has 0 radical (unpaired) electrons. The lowest BCUT2D eigenvalue weighted by atomic mass is 10.1. The smallest absolute Gasteiger partial charge is 0.287 e. The number of hydrogen-bond donors (Lipinski definition) is 0. The fraction of sp³-hybridized carbons (Fsp3) is 0.0556. The van der Waals surface area contributed by atoms with Gasteiger partial charge in [-0.05, 0) is 23.2 Å².